The van der Waals surface area contributed by atoms with Crippen LogP contribution in [0.3, 0.4) is 0 Å². The second-order valence-electron chi connectivity index (χ2n) is 4.99. The molecule has 1 fully saturated rings. The monoisotopic (exact) mass is 366 g/mol. The standard InChI is InChI=1S/C12H15BrO4S2/c1-17-11(14)6-12(4-5-12)8-19(15,16)7-9-2-3-10(13)18-9/h2-3H,4-8H2,1H3. The highest BCUT2D eigenvalue weighted by Gasteiger charge is 2.47. The summed E-state index contributed by atoms with van der Waals surface area (Å²) in [5.41, 5.74) is -0.375. The summed E-state index contributed by atoms with van der Waals surface area (Å²) in [6.45, 7) is 0. The number of hydrogen-bond acceptors (Lipinski definition) is 5. The van der Waals surface area contributed by atoms with Crippen molar-refractivity contribution in [2.75, 3.05) is 12.9 Å². The molecule has 7 heteroatoms. The van der Waals surface area contributed by atoms with Crippen molar-refractivity contribution in [3.05, 3.63) is 20.8 Å². The van der Waals surface area contributed by atoms with Crippen molar-refractivity contribution in [2.24, 2.45) is 5.41 Å². The maximum atomic E-state index is 12.2. The molecule has 0 unspecified atom stereocenters. The Bertz CT molecular complexity index is 572. The van der Waals surface area contributed by atoms with Crippen LogP contribution < -0.4 is 0 Å². The van der Waals surface area contributed by atoms with Crippen LogP contribution in [0.1, 0.15) is 24.1 Å². The van der Waals surface area contributed by atoms with Crippen LogP contribution in [0.5, 0.6) is 0 Å². The lowest BCUT2D eigenvalue weighted by Gasteiger charge is -2.13. The molecule has 1 aromatic rings. The number of sulfone groups is 1. The van der Waals surface area contributed by atoms with Crippen LogP contribution in [0.25, 0.3) is 0 Å². The Morgan fingerprint density at radius 3 is 2.63 bits per heavy atom. The first-order valence-electron chi connectivity index (χ1n) is 5.86. The predicted molar refractivity (Wildman–Crippen MR) is 77.8 cm³/mol. The van der Waals surface area contributed by atoms with E-state index >= 15 is 0 Å². The number of carbonyl (C=O) groups is 1. The summed E-state index contributed by atoms with van der Waals surface area (Å²) in [4.78, 5) is 12.1. The fourth-order valence-corrected chi connectivity index (χ4v) is 6.10. The Morgan fingerprint density at radius 2 is 2.16 bits per heavy atom. The molecule has 0 spiro atoms. The summed E-state index contributed by atoms with van der Waals surface area (Å²) in [7, 11) is -1.86. The molecule has 106 valence electrons. The second kappa shape index (κ2) is 5.54. The number of hydrogen-bond donors (Lipinski definition) is 0. The average Bonchev–Trinajstić information content (AvgIpc) is 2.91. The van der Waals surface area contributed by atoms with Crippen molar-refractivity contribution in [3.63, 3.8) is 0 Å². The summed E-state index contributed by atoms with van der Waals surface area (Å²) in [5, 5.41) is 0. The zero-order valence-corrected chi connectivity index (χ0v) is 13.7. The van der Waals surface area contributed by atoms with Crippen molar-refractivity contribution in [1.82, 2.24) is 0 Å². The highest BCUT2D eigenvalue weighted by atomic mass is 79.9. The van der Waals surface area contributed by atoms with Gasteiger partial charge in [-0.05, 0) is 46.3 Å². The summed E-state index contributed by atoms with van der Waals surface area (Å²) < 4.78 is 29.9. The number of halogens is 1. The Kier molecular flexibility index (Phi) is 4.37. The third-order valence-electron chi connectivity index (χ3n) is 3.22. The molecule has 0 amide bonds. The van der Waals surface area contributed by atoms with E-state index in [-0.39, 0.29) is 29.3 Å². The van der Waals surface area contributed by atoms with Gasteiger partial charge in [-0.3, -0.25) is 4.79 Å². The third kappa shape index (κ3) is 4.29. The van der Waals surface area contributed by atoms with Gasteiger partial charge in [0.05, 0.1) is 28.8 Å². The first-order chi connectivity index (χ1) is 8.84. The van der Waals surface area contributed by atoms with E-state index < -0.39 is 9.84 Å². The molecular weight excluding hydrogens is 352 g/mol. The van der Waals surface area contributed by atoms with Crippen LogP contribution in [0.2, 0.25) is 0 Å². The number of carbonyl (C=O) groups excluding carboxylic acids is 1. The van der Waals surface area contributed by atoms with Gasteiger partial charge in [0.2, 0.25) is 0 Å². The SMILES string of the molecule is COC(=O)CC1(CS(=O)(=O)Cc2ccc(Br)s2)CC1. The number of methoxy groups -OCH3 is 1. The Labute approximate surface area is 125 Å². The first kappa shape index (κ1) is 15.0. The topological polar surface area (TPSA) is 60.4 Å². The van der Waals surface area contributed by atoms with Crippen LogP contribution in [0.4, 0.5) is 0 Å². The molecule has 1 saturated carbocycles. The van der Waals surface area contributed by atoms with Gasteiger partial charge in [-0.2, -0.15) is 0 Å². The summed E-state index contributed by atoms with van der Waals surface area (Å²) >= 11 is 4.74. The molecule has 4 nitrogen and oxygen atoms in total. The highest BCUT2D eigenvalue weighted by molar-refractivity contribution is 9.11. The maximum absolute atomic E-state index is 12.2. The van der Waals surface area contributed by atoms with Crippen molar-refractivity contribution in [2.45, 2.75) is 25.0 Å². The molecule has 1 aromatic heterocycles. The van der Waals surface area contributed by atoms with E-state index in [1.165, 1.54) is 18.4 Å². The Morgan fingerprint density at radius 1 is 1.47 bits per heavy atom. The van der Waals surface area contributed by atoms with Crippen LogP contribution in [0.15, 0.2) is 15.9 Å². The van der Waals surface area contributed by atoms with Gasteiger partial charge in [-0.1, -0.05) is 0 Å². The van der Waals surface area contributed by atoms with E-state index in [0.29, 0.717) is 0 Å². The molecule has 1 aliphatic carbocycles. The Balaban J connectivity index is 1.99. The van der Waals surface area contributed by atoms with Gasteiger partial charge in [0.1, 0.15) is 0 Å². The molecular formula is C12H15BrO4S2. The number of thiophene rings is 1. The zero-order valence-electron chi connectivity index (χ0n) is 10.5. The van der Waals surface area contributed by atoms with E-state index in [0.717, 1.165) is 21.5 Å². The molecule has 1 aliphatic rings. The van der Waals surface area contributed by atoms with Gasteiger partial charge in [-0.15, -0.1) is 11.3 Å². The molecule has 1 heterocycles. The van der Waals surface area contributed by atoms with Crippen LogP contribution in [-0.4, -0.2) is 27.2 Å². The highest BCUT2D eigenvalue weighted by Crippen LogP contribution is 2.50. The van der Waals surface area contributed by atoms with E-state index in [4.69, 9.17) is 0 Å². The number of ether oxygens (including phenoxy) is 1. The lowest BCUT2D eigenvalue weighted by atomic mass is 10.1. The van der Waals surface area contributed by atoms with Crippen LogP contribution >= 0.6 is 27.3 Å². The maximum Gasteiger partial charge on any atom is 0.306 e. The van der Waals surface area contributed by atoms with Crippen molar-refractivity contribution >= 4 is 43.1 Å². The minimum Gasteiger partial charge on any atom is -0.469 e. The summed E-state index contributed by atoms with van der Waals surface area (Å²) in [5.74, 6) is -0.205. The van der Waals surface area contributed by atoms with E-state index in [1.807, 2.05) is 12.1 Å². The van der Waals surface area contributed by atoms with Crippen LogP contribution in [-0.2, 0) is 25.1 Å². The van der Waals surface area contributed by atoms with E-state index in [9.17, 15) is 13.2 Å². The lowest BCUT2D eigenvalue weighted by Crippen LogP contribution is -2.22. The fraction of sp³-hybridized carbons (Fsp3) is 0.583. The Hall–Kier alpha value is -0.400. The van der Waals surface area contributed by atoms with E-state index in [2.05, 4.69) is 20.7 Å². The average molecular weight is 367 g/mol. The predicted octanol–water partition coefficient (Wildman–Crippen LogP) is 2.77. The largest absolute Gasteiger partial charge is 0.469 e. The van der Waals surface area contributed by atoms with Crippen molar-refractivity contribution in [1.29, 1.82) is 0 Å². The molecule has 0 saturated heterocycles. The first-order valence-corrected chi connectivity index (χ1v) is 9.29. The summed E-state index contributed by atoms with van der Waals surface area (Å²) in [6, 6.07) is 3.66. The molecule has 0 N–H and O–H groups in total. The smallest absolute Gasteiger partial charge is 0.306 e. The molecule has 0 aliphatic heterocycles. The van der Waals surface area contributed by atoms with Gasteiger partial charge < -0.3 is 4.74 Å². The van der Waals surface area contributed by atoms with Gasteiger partial charge in [0, 0.05) is 4.88 Å². The minimum atomic E-state index is -3.19. The van der Waals surface area contributed by atoms with E-state index in [1.54, 1.807) is 0 Å². The summed E-state index contributed by atoms with van der Waals surface area (Å²) in [6.07, 6.45) is 1.78. The van der Waals surface area contributed by atoms with Crippen molar-refractivity contribution < 1.29 is 17.9 Å². The van der Waals surface area contributed by atoms with Gasteiger partial charge in [0.15, 0.2) is 9.84 Å². The van der Waals surface area contributed by atoms with Crippen LogP contribution in [0, 0.1) is 5.41 Å². The van der Waals surface area contributed by atoms with Gasteiger partial charge in [0.25, 0.3) is 0 Å². The number of esters is 1. The molecule has 0 bridgehead atoms. The number of rotatable bonds is 6. The normalized spacial score (nSPS) is 17.2. The fourth-order valence-electron chi connectivity index (χ4n) is 2.09. The molecule has 0 radical (unpaired) electrons. The zero-order chi connectivity index (χ0) is 14.1. The lowest BCUT2D eigenvalue weighted by molar-refractivity contribution is -0.141. The minimum absolute atomic E-state index is 0.0478. The molecule has 2 rings (SSSR count). The molecule has 0 atom stereocenters. The quantitative estimate of drug-likeness (QED) is 0.726. The third-order valence-corrected chi connectivity index (χ3v) is 6.83. The van der Waals surface area contributed by atoms with Gasteiger partial charge >= 0.3 is 5.97 Å². The van der Waals surface area contributed by atoms with Crippen molar-refractivity contribution in [3.8, 4) is 0 Å². The van der Waals surface area contributed by atoms with Gasteiger partial charge in [-0.25, -0.2) is 8.42 Å². The molecule has 0 aromatic carbocycles. The molecule has 19 heavy (non-hydrogen) atoms. The second-order valence-corrected chi connectivity index (χ2v) is 9.60.